The number of ether oxygens (including phenoxy) is 2. The van der Waals surface area contributed by atoms with Crippen LogP contribution in [-0.2, 0) is 19.6 Å². The first kappa shape index (κ1) is 24.0. The van der Waals surface area contributed by atoms with Gasteiger partial charge in [0, 0.05) is 45.2 Å². The van der Waals surface area contributed by atoms with Gasteiger partial charge in [0.25, 0.3) is 0 Å². The number of morpholine rings is 1. The Morgan fingerprint density at radius 3 is 2.32 bits per heavy atom. The predicted molar refractivity (Wildman–Crippen MR) is 119 cm³/mol. The zero-order valence-corrected chi connectivity index (χ0v) is 19.6. The van der Waals surface area contributed by atoms with Gasteiger partial charge in [-0.15, -0.1) is 0 Å². The molecule has 1 aromatic rings. The first-order valence-electron chi connectivity index (χ1n) is 11.2. The second kappa shape index (κ2) is 10.8. The molecular weight excluding hydrogens is 418 g/mol. The predicted octanol–water partition coefficient (Wildman–Crippen LogP) is 1.71. The minimum atomic E-state index is -3.56. The second-order valence-electron chi connectivity index (χ2n) is 8.39. The van der Waals surface area contributed by atoms with Gasteiger partial charge in [-0.05, 0) is 57.9 Å². The Labute approximate surface area is 185 Å². The van der Waals surface area contributed by atoms with E-state index in [1.807, 2.05) is 6.92 Å². The lowest BCUT2D eigenvalue weighted by atomic mass is 9.97. The molecule has 2 aliphatic rings. The first-order chi connectivity index (χ1) is 14.8. The van der Waals surface area contributed by atoms with E-state index < -0.39 is 10.0 Å². The number of carbonyl (C=O) groups is 1. The molecule has 174 valence electrons. The minimum absolute atomic E-state index is 0.0208. The smallest absolute Gasteiger partial charge is 0.243 e. The maximum absolute atomic E-state index is 12.9. The average Bonchev–Trinajstić information content (AvgIpc) is 2.74. The van der Waals surface area contributed by atoms with E-state index in [2.05, 4.69) is 24.1 Å². The van der Waals surface area contributed by atoms with Crippen molar-refractivity contribution >= 4 is 15.9 Å². The van der Waals surface area contributed by atoms with Crippen molar-refractivity contribution in [1.82, 2.24) is 14.5 Å². The maximum Gasteiger partial charge on any atom is 0.243 e. The first-order valence-corrected chi connectivity index (χ1v) is 12.6. The number of amides is 1. The third kappa shape index (κ3) is 6.41. The van der Waals surface area contributed by atoms with Crippen molar-refractivity contribution in [3.63, 3.8) is 0 Å². The molecule has 0 spiro atoms. The summed E-state index contributed by atoms with van der Waals surface area (Å²) in [6.07, 6.45) is 1.49. The van der Waals surface area contributed by atoms with Crippen molar-refractivity contribution in [3.05, 3.63) is 24.3 Å². The molecule has 9 heteroatoms. The van der Waals surface area contributed by atoms with Gasteiger partial charge in [-0.1, -0.05) is 0 Å². The molecule has 2 aliphatic heterocycles. The van der Waals surface area contributed by atoms with Crippen LogP contribution < -0.4 is 10.1 Å². The van der Waals surface area contributed by atoms with Gasteiger partial charge < -0.3 is 14.8 Å². The summed E-state index contributed by atoms with van der Waals surface area (Å²) in [5, 5.41) is 3.03. The van der Waals surface area contributed by atoms with Gasteiger partial charge >= 0.3 is 0 Å². The summed E-state index contributed by atoms with van der Waals surface area (Å²) in [7, 11) is -3.56. The standard InChI is InChI=1S/C22H35N3O5S/c1-4-29-20-5-7-21(8-6-20)31(27,28)25-12-9-19(10-13-25)22(26)23-11-14-24-15-17(2)30-18(3)16-24/h5-8,17-19H,4,9-16H2,1-3H3,(H,23,26). The van der Waals surface area contributed by atoms with Crippen molar-refractivity contribution in [2.45, 2.75) is 50.7 Å². The molecule has 0 bridgehead atoms. The van der Waals surface area contributed by atoms with E-state index >= 15 is 0 Å². The number of benzene rings is 1. The van der Waals surface area contributed by atoms with Crippen LogP contribution in [0.15, 0.2) is 29.2 Å². The highest BCUT2D eigenvalue weighted by molar-refractivity contribution is 7.89. The number of nitrogens with one attached hydrogen (secondary N) is 1. The number of sulfonamides is 1. The summed E-state index contributed by atoms with van der Waals surface area (Å²) in [6.45, 7) is 10.4. The number of carbonyl (C=O) groups excluding carboxylic acids is 1. The largest absolute Gasteiger partial charge is 0.494 e. The monoisotopic (exact) mass is 453 g/mol. The normalized spacial score (nSPS) is 24.1. The van der Waals surface area contributed by atoms with E-state index in [0.717, 1.165) is 19.6 Å². The fraction of sp³-hybridized carbons (Fsp3) is 0.682. The van der Waals surface area contributed by atoms with Gasteiger partial charge in [-0.25, -0.2) is 8.42 Å². The number of nitrogens with zero attached hydrogens (tertiary/aromatic N) is 2. The molecule has 1 amide bonds. The molecule has 31 heavy (non-hydrogen) atoms. The van der Waals surface area contributed by atoms with Crippen LogP contribution in [0.25, 0.3) is 0 Å². The van der Waals surface area contributed by atoms with E-state index in [-0.39, 0.29) is 28.9 Å². The van der Waals surface area contributed by atoms with Crippen LogP contribution in [0.4, 0.5) is 0 Å². The van der Waals surface area contributed by atoms with Gasteiger partial charge in [-0.2, -0.15) is 4.31 Å². The maximum atomic E-state index is 12.9. The van der Waals surface area contributed by atoms with Crippen LogP contribution in [0.2, 0.25) is 0 Å². The van der Waals surface area contributed by atoms with E-state index in [9.17, 15) is 13.2 Å². The summed E-state index contributed by atoms with van der Waals surface area (Å²) in [5.41, 5.74) is 0. The van der Waals surface area contributed by atoms with Crippen molar-refractivity contribution in [1.29, 1.82) is 0 Å². The zero-order valence-electron chi connectivity index (χ0n) is 18.7. The SMILES string of the molecule is CCOc1ccc(S(=O)(=O)N2CCC(C(=O)NCCN3CC(C)OC(C)C3)CC2)cc1. The third-order valence-electron chi connectivity index (χ3n) is 5.82. The molecule has 0 radical (unpaired) electrons. The van der Waals surface area contributed by atoms with Gasteiger partial charge in [0.2, 0.25) is 15.9 Å². The van der Waals surface area contributed by atoms with Gasteiger partial charge in [-0.3, -0.25) is 9.69 Å². The molecule has 1 N–H and O–H groups in total. The molecule has 2 saturated heterocycles. The number of rotatable bonds is 8. The van der Waals surface area contributed by atoms with Crippen molar-refractivity contribution in [3.8, 4) is 5.75 Å². The lowest BCUT2D eigenvalue weighted by Crippen LogP contribution is -2.48. The molecule has 2 heterocycles. The second-order valence-corrected chi connectivity index (χ2v) is 10.3. The molecule has 2 unspecified atom stereocenters. The molecule has 8 nitrogen and oxygen atoms in total. The molecule has 2 atom stereocenters. The summed E-state index contributed by atoms with van der Waals surface area (Å²) >= 11 is 0. The van der Waals surface area contributed by atoms with Gasteiger partial charge in [0.15, 0.2) is 0 Å². The zero-order chi connectivity index (χ0) is 22.4. The Morgan fingerprint density at radius 2 is 1.74 bits per heavy atom. The lowest BCUT2D eigenvalue weighted by molar-refractivity contribution is -0.126. The average molecular weight is 454 g/mol. The quantitative estimate of drug-likeness (QED) is 0.645. The third-order valence-corrected chi connectivity index (χ3v) is 7.73. The Morgan fingerprint density at radius 1 is 1.13 bits per heavy atom. The van der Waals surface area contributed by atoms with Crippen molar-refractivity contribution < 1.29 is 22.7 Å². The molecule has 0 saturated carbocycles. The molecule has 0 aliphatic carbocycles. The number of hydrogen-bond acceptors (Lipinski definition) is 6. The van der Waals surface area contributed by atoms with Crippen LogP contribution in [0.3, 0.4) is 0 Å². The topological polar surface area (TPSA) is 88.2 Å². The fourth-order valence-electron chi connectivity index (χ4n) is 4.33. The van der Waals surface area contributed by atoms with Gasteiger partial charge in [0.05, 0.1) is 23.7 Å². The van der Waals surface area contributed by atoms with Crippen molar-refractivity contribution in [2.24, 2.45) is 5.92 Å². The highest BCUT2D eigenvalue weighted by atomic mass is 32.2. The van der Waals surface area contributed by atoms with Crippen LogP contribution >= 0.6 is 0 Å². The summed E-state index contributed by atoms with van der Waals surface area (Å²) in [5.74, 6) is 0.527. The summed E-state index contributed by atoms with van der Waals surface area (Å²) in [6, 6.07) is 6.50. The van der Waals surface area contributed by atoms with E-state index in [4.69, 9.17) is 9.47 Å². The van der Waals surface area contributed by atoms with Crippen LogP contribution in [-0.4, -0.2) is 81.6 Å². The summed E-state index contributed by atoms with van der Waals surface area (Å²) in [4.78, 5) is 15.1. The Hall–Kier alpha value is -1.68. The molecule has 0 aromatic heterocycles. The highest BCUT2D eigenvalue weighted by Crippen LogP contribution is 2.25. The fourth-order valence-corrected chi connectivity index (χ4v) is 5.80. The molecule has 2 fully saturated rings. The lowest BCUT2D eigenvalue weighted by Gasteiger charge is -2.35. The Bertz CT molecular complexity index is 812. The van der Waals surface area contributed by atoms with Crippen LogP contribution in [0.1, 0.15) is 33.6 Å². The Kier molecular flexibility index (Phi) is 8.32. The number of piperidine rings is 1. The molecule has 1 aromatic carbocycles. The van der Waals surface area contributed by atoms with Crippen molar-refractivity contribution in [2.75, 3.05) is 45.9 Å². The summed E-state index contributed by atoms with van der Waals surface area (Å²) < 4.78 is 38.4. The van der Waals surface area contributed by atoms with E-state index in [1.165, 1.54) is 4.31 Å². The molecular formula is C22H35N3O5S. The van der Waals surface area contributed by atoms with E-state index in [0.29, 0.717) is 44.8 Å². The minimum Gasteiger partial charge on any atom is -0.494 e. The highest BCUT2D eigenvalue weighted by Gasteiger charge is 2.32. The molecule has 3 rings (SSSR count). The van der Waals surface area contributed by atoms with Gasteiger partial charge in [0.1, 0.15) is 5.75 Å². The Balaban J connectivity index is 1.44. The van der Waals surface area contributed by atoms with Crippen LogP contribution in [0.5, 0.6) is 5.75 Å². The number of hydrogen-bond donors (Lipinski definition) is 1. The van der Waals surface area contributed by atoms with Crippen LogP contribution in [0, 0.1) is 5.92 Å². The van der Waals surface area contributed by atoms with E-state index in [1.54, 1.807) is 24.3 Å².